The molecule has 27 heavy (non-hydrogen) atoms. The number of carbonyl (C=O) groups is 2. The highest BCUT2D eigenvalue weighted by Crippen LogP contribution is 2.34. The highest BCUT2D eigenvalue weighted by Gasteiger charge is 2.36. The average molecular weight is 368 g/mol. The van der Waals surface area contributed by atoms with Crippen molar-refractivity contribution in [2.75, 3.05) is 18.4 Å². The lowest BCUT2D eigenvalue weighted by Crippen LogP contribution is -2.38. The van der Waals surface area contributed by atoms with Gasteiger partial charge in [-0.3, -0.25) is 9.59 Å². The van der Waals surface area contributed by atoms with Crippen molar-refractivity contribution in [3.63, 3.8) is 0 Å². The zero-order valence-electron chi connectivity index (χ0n) is 15.5. The van der Waals surface area contributed by atoms with E-state index in [0.717, 1.165) is 50.0 Å². The van der Waals surface area contributed by atoms with E-state index >= 15 is 0 Å². The summed E-state index contributed by atoms with van der Waals surface area (Å²) in [4.78, 5) is 30.3. The molecule has 4 rings (SSSR count). The van der Waals surface area contributed by atoms with E-state index < -0.39 is 0 Å². The second kappa shape index (κ2) is 7.50. The molecule has 7 nitrogen and oxygen atoms in total. The van der Waals surface area contributed by atoms with Crippen LogP contribution in [0.25, 0.3) is 11.4 Å². The largest absolute Gasteiger partial charge is 0.342 e. The summed E-state index contributed by atoms with van der Waals surface area (Å²) in [5, 5.41) is 6.95. The van der Waals surface area contributed by atoms with Crippen LogP contribution in [0.1, 0.15) is 50.8 Å². The highest BCUT2D eigenvalue weighted by molar-refractivity contribution is 5.91. The number of amides is 2. The number of nitrogens with one attached hydrogen (secondary N) is 1. The van der Waals surface area contributed by atoms with E-state index in [0.29, 0.717) is 24.0 Å². The number of carbonyl (C=O) groups excluding carboxylic acids is 2. The summed E-state index contributed by atoms with van der Waals surface area (Å²) in [6.07, 6.45) is 4.23. The fraction of sp³-hybridized carbons (Fsp3) is 0.500. The van der Waals surface area contributed by atoms with Crippen LogP contribution in [0, 0.1) is 5.92 Å². The number of hydrogen-bond donors (Lipinski definition) is 1. The van der Waals surface area contributed by atoms with Crippen LogP contribution in [0.2, 0.25) is 0 Å². The van der Waals surface area contributed by atoms with E-state index in [1.807, 2.05) is 36.1 Å². The SMILES string of the molecule is CCC(=O)Nc1cccc(-c2noc(C3CCN(C(=O)C4CC4)CC3)n2)c1. The Morgan fingerprint density at radius 1 is 1.22 bits per heavy atom. The van der Waals surface area contributed by atoms with Gasteiger partial charge in [0.15, 0.2) is 0 Å². The molecule has 1 saturated carbocycles. The minimum atomic E-state index is -0.0338. The zero-order valence-corrected chi connectivity index (χ0v) is 15.5. The molecule has 2 amide bonds. The number of piperidine rings is 1. The Bertz CT molecular complexity index is 835. The van der Waals surface area contributed by atoms with E-state index in [-0.39, 0.29) is 17.7 Å². The number of rotatable bonds is 5. The number of nitrogens with zero attached hydrogens (tertiary/aromatic N) is 3. The third-order valence-electron chi connectivity index (χ3n) is 5.25. The van der Waals surface area contributed by atoms with Gasteiger partial charge in [-0.05, 0) is 37.8 Å². The Balaban J connectivity index is 1.41. The van der Waals surface area contributed by atoms with E-state index in [4.69, 9.17) is 4.52 Å². The standard InChI is InChI=1S/C20H24N4O3/c1-2-17(25)21-16-5-3-4-15(12-16)18-22-19(27-23-18)13-8-10-24(11-9-13)20(26)14-6-7-14/h3-5,12-14H,2,6-11H2,1H3,(H,21,25). The van der Waals surface area contributed by atoms with Gasteiger partial charge in [-0.2, -0.15) is 4.98 Å². The first-order chi connectivity index (χ1) is 13.1. The number of aromatic nitrogens is 2. The van der Waals surface area contributed by atoms with Gasteiger partial charge in [-0.1, -0.05) is 24.2 Å². The summed E-state index contributed by atoms with van der Waals surface area (Å²) in [7, 11) is 0. The second-order valence-electron chi connectivity index (χ2n) is 7.31. The quantitative estimate of drug-likeness (QED) is 0.875. The molecule has 2 aromatic rings. The van der Waals surface area contributed by atoms with Crippen molar-refractivity contribution in [2.24, 2.45) is 5.92 Å². The maximum Gasteiger partial charge on any atom is 0.230 e. The number of likely N-dealkylation sites (tertiary alicyclic amines) is 1. The summed E-state index contributed by atoms with van der Waals surface area (Å²) < 4.78 is 5.50. The Labute approximate surface area is 158 Å². The molecule has 2 heterocycles. The van der Waals surface area contributed by atoms with Gasteiger partial charge in [0.2, 0.25) is 23.5 Å². The second-order valence-corrected chi connectivity index (χ2v) is 7.31. The molecule has 142 valence electrons. The predicted molar refractivity (Wildman–Crippen MR) is 99.9 cm³/mol. The third-order valence-corrected chi connectivity index (χ3v) is 5.25. The maximum absolute atomic E-state index is 12.2. The van der Waals surface area contributed by atoms with Crippen LogP contribution in [-0.4, -0.2) is 39.9 Å². The fourth-order valence-corrected chi connectivity index (χ4v) is 3.44. The molecule has 1 aromatic heterocycles. The molecule has 2 aliphatic rings. The molecule has 0 radical (unpaired) electrons. The minimum absolute atomic E-state index is 0.0338. The summed E-state index contributed by atoms with van der Waals surface area (Å²) in [6.45, 7) is 3.33. The van der Waals surface area contributed by atoms with Gasteiger partial charge in [0.25, 0.3) is 0 Å². The van der Waals surface area contributed by atoms with Gasteiger partial charge in [0.05, 0.1) is 0 Å². The smallest absolute Gasteiger partial charge is 0.230 e. The molecule has 1 aliphatic heterocycles. The van der Waals surface area contributed by atoms with Crippen molar-refractivity contribution in [3.8, 4) is 11.4 Å². The number of hydrogen-bond acceptors (Lipinski definition) is 5. The van der Waals surface area contributed by atoms with Crippen LogP contribution >= 0.6 is 0 Å². The Morgan fingerprint density at radius 3 is 2.70 bits per heavy atom. The molecule has 2 fully saturated rings. The fourth-order valence-electron chi connectivity index (χ4n) is 3.44. The monoisotopic (exact) mass is 368 g/mol. The molecule has 0 spiro atoms. The van der Waals surface area contributed by atoms with Crippen molar-refractivity contribution in [1.29, 1.82) is 0 Å². The van der Waals surface area contributed by atoms with Gasteiger partial charge in [0.1, 0.15) is 0 Å². The molecule has 7 heteroatoms. The van der Waals surface area contributed by atoms with E-state index in [9.17, 15) is 9.59 Å². The van der Waals surface area contributed by atoms with E-state index in [1.165, 1.54) is 0 Å². The van der Waals surface area contributed by atoms with Gasteiger partial charge >= 0.3 is 0 Å². The molecule has 1 aliphatic carbocycles. The first-order valence-electron chi connectivity index (χ1n) is 9.66. The Kier molecular flexibility index (Phi) is 4.92. The van der Waals surface area contributed by atoms with Gasteiger partial charge in [0, 0.05) is 42.6 Å². The first kappa shape index (κ1) is 17.7. The van der Waals surface area contributed by atoms with Crippen molar-refractivity contribution in [2.45, 2.75) is 44.9 Å². The molecule has 1 aromatic carbocycles. The van der Waals surface area contributed by atoms with Gasteiger partial charge in [-0.15, -0.1) is 0 Å². The van der Waals surface area contributed by atoms with Crippen LogP contribution in [-0.2, 0) is 9.59 Å². The van der Waals surface area contributed by atoms with E-state index in [2.05, 4.69) is 15.5 Å². The molecule has 0 bridgehead atoms. The third kappa shape index (κ3) is 4.02. The van der Waals surface area contributed by atoms with E-state index in [1.54, 1.807) is 0 Å². The molecule has 0 unspecified atom stereocenters. The zero-order chi connectivity index (χ0) is 18.8. The molecular weight excluding hydrogens is 344 g/mol. The molecular formula is C20H24N4O3. The average Bonchev–Trinajstić information content (AvgIpc) is 3.44. The number of benzene rings is 1. The summed E-state index contributed by atoms with van der Waals surface area (Å²) in [5.74, 6) is 1.90. The van der Waals surface area contributed by atoms with Gasteiger partial charge < -0.3 is 14.7 Å². The lowest BCUT2D eigenvalue weighted by atomic mass is 9.96. The van der Waals surface area contributed by atoms with Crippen LogP contribution in [0.4, 0.5) is 5.69 Å². The lowest BCUT2D eigenvalue weighted by Gasteiger charge is -2.30. The summed E-state index contributed by atoms with van der Waals surface area (Å²) in [5.41, 5.74) is 1.53. The summed E-state index contributed by atoms with van der Waals surface area (Å²) >= 11 is 0. The first-order valence-corrected chi connectivity index (χ1v) is 9.66. The molecule has 1 N–H and O–H groups in total. The maximum atomic E-state index is 12.2. The summed E-state index contributed by atoms with van der Waals surface area (Å²) in [6, 6.07) is 7.44. The van der Waals surface area contributed by atoms with Crippen molar-refractivity contribution in [1.82, 2.24) is 15.0 Å². The predicted octanol–water partition coefficient (Wildman–Crippen LogP) is 3.20. The lowest BCUT2D eigenvalue weighted by molar-refractivity contribution is -0.133. The minimum Gasteiger partial charge on any atom is -0.342 e. The van der Waals surface area contributed by atoms with Crippen molar-refractivity contribution < 1.29 is 14.1 Å². The molecule has 0 atom stereocenters. The van der Waals surface area contributed by atoms with Gasteiger partial charge in [-0.25, -0.2) is 0 Å². The Morgan fingerprint density at radius 2 is 2.00 bits per heavy atom. The van der Waals surface area contributed by atoms with Crippen LogP contribution in [0.5, 0.6) is 0 Å². The molecule has 1 saturated heterocycles. The highest BCUT2D eigenvalue weighted by atomic mass is 16.5. The Hall–Kier alpha value is -2.70. The van der Waals surface area contributed by atoms with Crippen LogP contribution in [0.3, 0.4) is 0 Å². The van der Waals surface area contributed by atoms with Crippen molar-refractivity contribution >= 4 is 17.5 Å². The van der Waals surface area contributed by atoms with Crippen LogP contribution < -0.4 is 5.32 Å². The van der Waals surface area contributed by atoms with Crippen LogP contribution in [0.15, 0.2) is 28.8 Å². The topological polar surface area (TPSA) is 88.3 Å². The van der Waals surface area contributed by atoms with Crippen molar-refractivity contribution in [3.05, 3.63) is 30.2 Å². The normalized spacial score (nSPS) is 17.7. The number of anilines is 1.